The van der Waals surface area contributed by atoms with Gasteiger partial charge in [0.1, 0.15) is 17.3 Å². The first kappa shape index (κ1) is 24.0. The van der Waals surface area contributed by atoms with Crippen molar-refractivity contribution in [1.29, 1.82) is 0 Å². The smallest absolute Gasteiger partial charge is 0.414 e. The lowest BCUT2D eigenvalue weighted by molar-refractivity contribution is 0.0614. The number of carbonyl (C=O) groups is 2. The molecule has 2 aromatic carbocycles. The molecular formula is C23H29FN2O5. The molecule has 168 valence electrons. The van der Waals surface area contributed by atoms with E-state index < -0.39 is 23.8 Å². The minimum atomic E-state index is -1.07. The molecular weight excluding hydrogens is 403 g/mol. The minimum Gasteiger partial charge on any atom is -0.494 e. The summed E-state index contributed by atoms with van der Waals surface area (Å²) < 4.78 is 24.1. The zero-order chi connectivity index (χ0) is 23.2. The van der Waals surface area contributed by atoms with Gasteiger partial charge >= 0.3 is 12.2 Å². The molecule has 31 heavy (non-hydrogen) atoms. The van der Waals surface area contributed by atoms with Crippen LogP contribution in [0.2, 0.25) is 0 Å². The van der Waals surface area contributed by atoms with Gasteiger partial charge in [-0.05, 0) is 62.7 Å². The molecule has 0 fully saturated rings. The fourth-order valence-electron chi connectivity index (χ4n) is 3.13. The Bertz CT molecular complexity index is 894. The molecule has 1 N–H and O–H groups in total. The van der Waals surface area contributed by atoms with Crippen molar-refractivity contribution in [2.45, 2.75) is 38.8 Å². The molecule has 1 unspecified atom stereocenters. The molecule has 0 heterocycles. The predicted octanol–water partition coefficient (Wildman–Crippen LogP) is 5.17. The van der Waals surface area contributed by atoms with Crippen LogP contribution in [0.4, 0.5) is 14.0 Å². The molecule has 0 saturated heterocycles. The fourth-order valence-corrected chi connectivity index (χ4v) is 3.13. The van der Waals surface area contributed by atoms with E-state index >= 15 is 0 Å². The van der Waals surface area contributed by atoms with Gasteiger partial charge in [-0.15, -0.1) is 0 Å². The normalized spacial score (nSPS) is 12.1. The maximum atomic E-state index is 13.1. The number of hydrogen-bond donors (Lipinski definition) is 1. The van der Waals surface area contributed by atoms with E-state index in [-0.39, 0.29) is 12.4 Å². The third-order valence-corrected chi connectivity index (χ3v) is 4.53. The molecule has 0 radical (unpaired) electrons. The van der Waals surface area contributed by atoms with Crippen molar-refractivity contribution in [3.63, 3.8) is 0 Å². The number of carboxylic acid groups (broad SMARTS) is 1. The molecule has 0 aliphatic heterocycles. The maximum Gasteiger partial charge on any atom is 0.414 e. The quantitative estimate of drug-likeness (QED) is 0.653. The van der Waals surface area contributed by atoms with Gasteiger partial charge in [0.2, 0.25) is 0 Å². The molecule has 7 nitrogen and oxygen atoms in total. The van der Waals surface area contributed by atoms with Crippen LogP contribution in [-0.2, 0) is 0 Å². The summed E-state index contributed by atoms with van der Waals surface area (Å²) in [6.45, 7) is 5.64. The largest absolute Gasteiger partial charge is 0.494 e. The summed E-state index contributed by atoms with van der Waals surface area (Å²) in [5, 5.41) is 9.93. The third kappa shape index (κ3) is 6.87. The molecule has 2 aromatic rings. The molecule has 1 atom stereocenters. The maximum absolute atomic E-state index is 13.1. The minimum absolute atomic E-state index is 0.206. The van der Waals surface area contributed by atoms with Crippen LogP contribution in [0.1, 0.15) is 38.8 Å². The van der Waals surface area contributed by atoms with Crippen molar-refractivity contribution in [1.82, 2.24) is 9.80 Å². The summed E-state index contributed by atoms with van der Waals surface area (Å²) in [5.74, 6) is 0.449. The van der Waals surface area contributed by atoms with E-state index in [2.05, 4.69) is 0 Å². The number of nitrogens with zero attached hydrogens (tertiary/aromatic N) is 2. The van der Waals surface area contributed by atoms with Crippen LogP contribution in [0.5, 0.6) is 11.5 Å². The Hall–Kier alpha value is -3.29. The van der Waals surface area contributed by atoms with E-state index in [1.807, 2.05) is 20.8 Å². The van der Waals surface area contributed by atoms with Gasteiger partial charge in [-0.3, -0.25) is 4.90 Å². The topological polar surface area (TPSA) is 79.3 Å². The van der Waals surface area contributed by atoms with Gasteiger partial charge in [0.25, 0.3) is 0 Å². The second-order valence-electron chi connectivity index (χ2n) is 8.27. The SMILES string of the molecule is CN(C)C(=O)Oc1cccc(C(CCOc2ccc(F)cc2)N(C(=O)O)C(C)(C)C)c1. The van der Waals surface area contributed by atoms with Gasteiger partial charge in [-0.25, -0.2) is 14.0 Å². The average molecular weight is 432 g/mol. The molecule has 0 saturated carbocycles. The lowest BCUT2D eigenvalue weighted by atomic mass is 9.96. The van der Waals surface area contributed by atoms with Crippen LogP contribution in [0, 0.1) is 5.82 Å². The van der Waals surface area contributed by atoms with Crippen LogP contribution in [0.25, 0.3) is 0 Å². The zero-order valence-electron chi connectivity index (χ0n) is 18.5. The highest BCUT2D eigenvalue weighted by Crippen LogP contribution is 2.33. The number of rotatable bonds is 7. The standard InChI is InChI=1S/C23H29FN2O5/c1-23(2,3)26(21(27)28)20(13-14-30-18-11-9-17(24)10-12-18)16-7-6-8-19(15-16)31-22(29)25(4)5/h6-12,15,20H,13-14H2,1-5H3,(H,27,28). The Morgan fingerprint density at radius 3 is 2.26 bits per heavy atom. The molecule has 2 rings (SSSR count). The number of hydrogen-bond acceptors (Lipinski definition) is 4. The Morgan fingerprint density at radius 1 is 1.06 bits per heavy atom. The average Bonchev–Trinajstić information content (AvgIpc) is 2.67. The van der Waals surface area contributed by atoms with E-state index in [1.54, 1.807) is 38.4 Å². The monoisotopic (exact) mass is 432 g/mol. The molecule has 0 bridgehead atoms. The van der Waals surface area contributed by atoms with Crippen molar-refractivity contribution in [3.8, 4) is 11.5 Å². The molecule has 0 spiro atoms. The fraction of sp³-hybridized carbons (Fsp3) is 0.391. The highest BCUT2D eigenvalue weighted by Gasteiger charge is 2.34. The predicted molar refractivity (Wildman–Crippen MR) is 115 cm³/mol. The van der Waals surface area contributed by atoms with E-state index in [0.29, 0.717) is 23.5 Å². The van der Waals surface area contributed by atoms with Crippen molar-refractivity contribution in [2.24, 2.45) is 0 Å². The van der Waals surface area contributed by atoms with Crippen LogP contribution in [-0.4, -0.2) is 53.3 Å². The van der Waals surface area contributed by atoms with Gasteiger partial charge < -0.3 is 19.5 Å². The van der Waals surface area contributed by atoms with Crippen LogP contribution >= 0.6 is 0 Å². The van der Waals surface area contributed by atoms with Gasteiger partial charge in [-0.1, -0.05) is 12.1 Å². The van der Waals surface area contributed by atoms with E-state index in [0.717, 1.165) is 0 Å². The summed E-state index contributed by atoms with van der Waals surface area (Å²) in [6, 6.07) is 11.9. The number of benzene rings is 2. The van der Waals surface area contributed by atoms with Gasteiger partial charge in [0.15, 0.2) is 0 Å². The van der Waals surface area contributed by atoms with Gasteiger partial charge in [-0.2, -0.15) is 0 Å². The lowest BCUT2D eigenvalue weighted by Gasteiger charge is -2.40. The van der Waals surface area contributed by atoms with Crippen molar-refractivity contribution in [3.05, 3.63) is 59.9 Å². The summed E-state index contributed by atoms with van der Waals surface area (Å²) in [7, 11) is 3.15. The summed E-state index contributed by atoms with van der Waals surface area (Å²) in [5.41, 5.74) is -0.0213. The van der Waals surface area contributed by atoms with Gasteiger partial charge in [0.05, 0.1) is 12.6 Å². The molecule has 0 aliphatic carbocycles. The second kappa shape index (κ2) is 10.1. The Balaban J connectivity index is 2.29. The highest BCUT2D eigenvalue weighted by atomic mass is 19.1. The van der Waals surface area contributed by atoms with Gasteiger partial charge in [0, 0.05) is 26.1 Å². The molecule has 8 heteroatoms. The summed E-state index contributed by atoms with van der Waals surface area (Å²) >= 11 is 0. The lowest BCUT2D eigenvalue weighted by Crippen LogP contribution is -2.47. The number of amides is 2. The molecule has 0 aliphatic rings. The van der Waals surface area contributed by atoms with Crippen molar-refractivity contribution in [2.75, 3.05) is 20.7 Å². The highest BCUT2D eigenvalue weighted by molar-refractivity contribution is 5.70. The van der Waals surface area contributed by atoms with Crippen LogP contribution < -0.4 is 9.47 Å². The summed E-state index contributed by atoms with van der Waals surface area (Å²) in [6.07, 6.45) is -1.26. The Labute approximate surface area is 182 Å². The Kier molecular flexibility index (Phi) is 7.85. The first-order valence-corrected chi connectivity index (χ1v) is 9.88. The summed E-state index contributed by atoms with van der Waals surface area (Å²) in [4.78, 5) is 26.7. The first-order chi connectivity index (χ1) is 14.5. The van der Waals surface area contributed by atoms with E-state index in [4.69, 9.17) is 9.47 Å². The second-order valence-corrected chi connectivity index (χ2v) is 8.27. The third-order valence-electron chi connectivity index (χ3n) is 4.53. The first-order valence-electron chi connectivity index (χ1n) is 9.88. The van der Waals surface area contributed by atoms with Crippen LogP contribution in [0.3, 0.4) is 0 Å². The van der Waals surface area contributed by atoms with Crippen molar-refractivity contribution >= 4 is 12.2 Å². The van der Waals surface area contributed by atoms with Crippen molar-refractivity contribution < 1.29 is 28.6 Å². The van der Waals surface area contributed by atoms with Crippen LogP contribution in [0.15, 0.2) is 48.5 Å². The number of halogens is 1. The molecule has 0 aromatic heterocycles. The Morgan fingerprint density at radius 2 is 1.71 bits per heavy atom. The van der Waals surface area contributed by atoms with E-state index in [9.17, 15) is 19.1 Å². The molecule has 2 amide bonds. The number of carbonyl (C=O) groups excluding carboxylic acids is 1. The zero-order valence-corrected chi connectivity index (χ0v) is 18.5. The number of ether oxygens (including phenoxy) is 2. The van der Waals surface area contributed by atoms with E-state index in [1.165, 1.54) is 34.1 Å².